The van der Waals surface area contributed by atoms with Gasteiger partial charge in [-0.1, -0.05) is 18.6 Å². The van der Waals surface area contributed by atoms with Gasteiger partial charge in [0.05, 0.1) is 25.5 Å². The molecule has 1 aromatic heterocycles. The van der Waals surface area contributed by atoms with Gasteiger partial charge in [-0.2, -0.15) is 0 Å². The van der Waals surface area contributed by atoms with E-state index < -0.39 is 0 Å². The van der Waals surface area contributed by atoms with Gasteiger partial charge in [-0.25, -0.2) is 4.98 Å². The molecule has 6 nitrogen and oxygen atoms in total. The Balaban J connectivity index is 1.48. The van der Waals surface area contributed by atoms with Crippen LogP contribution < -0.4 is 9.47 Å². The Morgan fingerprint density at radius 3 is 2.78 bits per heavy atom. The van der Waals surface area contributed by atoms with Gasteiger partial charge in [-0.05, 0) is 69.0 Å². The number of piperidine rings is 1. The molecular formula is C26H32N2O4. The number of nitrogens with zero attached hydrogens (tertiary/aromatic N) is 2. The van der Waals surface area contributed by atoms with Crippen LogP contribution in [0.25, 0.3) is 11.5 Å². The standard InChI is InChI=1S/C26H32N2O4/c1-18-24(27-26(32-18)23-13-12-22(30-2)16-25(23)31-3)17-28-14-5-4-8-20(28)11-10-19-7-6-9-21(29)15-19/h6-7,9,12-13,15-16,20,29H,4-5,8,10-11,14,17H2,1-3H3/t20-/m0/s1. The van der Waals surface area contributed by atoms with Crippen molar-refractivity contribution >= 4 is 0 Å². The minimum atomic E-state index is 0.336. The van der Waals surface area contributed by atoms with Crippen molar-refractivity contribution in [1.29, 1.82) is 0 Å². The van der Waals surface area contributed by atoms with E-state index in [-0.39, 0.29) is 0 Å². The molecule has 0 bridgehead atoms. The van der Waals surface area contributed by atoms with E-state index in [1.165, 1.54) is 24.8 Å². The van der Waals surface area contributed by atoms with E-state index in [2.05, 4.69) is 11.0 Å². The summed E-state index contributed by atoms with van der Waals surface area (Å²) in [4.78, 5) is 7.37. The van der Waals surface area contributed by atoms with E-state index in [4.69, 9.17) is 18.9 Å². The fourth-order valence-corrected chi connectivity index (χ4v) is 4.50. The van der Waals surface area contributed by atoms with Crippen LogP contribution >= 0.6 is 0 Å². The molecule has 0 aliphatic carbocycles. The zero-order valence-corrected chi connectivity index (χ0v) is 19.1. The highest BCUT2D eigenvalue weighted by Crippen LogP contribution is 2.34. The lowest BCUT2D eigenvalue weighted by molar-refractivity contribution is 0.130. The summed E-state index contributed by atoms with van der Waals surface area (Å²) < 4.78 is 16.9. The molecule has 1 fully saturated rings. The van der Waals surface area contributed by atoms with Crippen molar-refractivity contribution in [2.24, 2.45) is 0 Å². The van der Waals surface area contributed by atoms with Crippen molar-refractivity contribution in [3.63, 3.8) is 0 Å². The monoisotopic (exact) mass is 436 g/mol. The summed E-state index contributed by atoms with van der Waals surface area (Å²) in [6, 6.07) is 13.7. The predicted molar refractivity (Wildman–Crippen MR) is 124 cm³/mol. The lowest BCUT2D eigenvalue weighted by Crippen LogP contribution is -2.39. The van der Waals surface area contributed by atoms with E-state index >= 15 is 0 Å². The number of hydrogen-bond donors (Lipinski definition) is 1. The van der Waals surface area contributed by atoms with Crippen LogP contribution in [0.15, 0.2) is 46.9 Å². The van der Waals surface area contributed by atoms with Crippen LogP contribution in [0.3, 0.4) is 0 Å². The van der Waals surface area contributed by atoms with E-state index in [1.54, 1.807) is 20.3 Å². The maximum atomic E-state index is 9.75. The second-order valence-corrected chi connectivity index (χ2v) is 8.42. The van der Waals surface area contributed by atoms with Crippen molar-refractivity contribution < 1.29 is 19.0 Å². The van der Waals surface area contributed by atoms with E-state index in [0.29, 0.717) is 23.4 Å². The summed E-state index contributed by atoms with van der Waals surface area (Å²) in [6.07, 6.45) is 5.68. The highest BCUT2D eigenvalue weighted by molar-refractivity contribution is 5.65. The first-order chi connectivity index (χ1) is 15.6. The predicted octanol–water partition coefficient (Wildman–Crippen LogP) is 5.36. The summed E-state index contributed by atoms with van der Waals surface area (Å²) in [5.74, 6) is 3.17. The molecule has 170 valence electrons. The average Bonchev–Trinajstić information content (AvgIpc) is 3.18. The van der Waals surface area contributed by atoms with Gasteiger partial charge in [-0.3, -0.25) is 4.90 Å². The molecule has 1 aliphatic heterocycles. The van der Waals surface area contributed by atoms with Crippen molar-refractivity contribution in [3.8, 4) is 28.7 Å². The zero-order valence-electron chi connectivity index (χ0n) is 19.1. The zero-order chi connectivity index (χ0) is 22.5. The lowest BCUT2D eigenvalue weighted by atomic mass is 9.95. The molecule has 1 saturated heterocycles. The van der Waals surface area contributed by atoms with Crippen LogP contribution in [0.1, 0.15) is 42.7 Å². The average molecular weight is 437 g/mol. The number of aryl methyl sites for hydroxylation is 2. The number of rotatable bonds is 8. The van der Waals surface area contributed by atoms with Gasteiger partial charge in [0.15, 0.2) is 0 Å². The van der Waals surface area contributed by atoms with E-state index in [0.717, 1.165) is 48.7 Å². The first-order valence-corrected chi connectivity index (χ1v) is 11.3. The molecule has 4 rings (SSSR count). The van der Waals surface area contributed by atoms with Gasteiger partial charge in [0.25, 0.3) is 0 Å². The molecule has 1 N–H and O–H groups in total. The highest BCUT2D eigenvalue weighted by atomic mass is 16.5. The molecule has 2 aromatic carbocycles. The Hall–Kier alpha value is -2.99. The summed E-state index contributed by atoms with van der Waals surface area (Å²) in [5, 5.41) is 9.75. The number of aromatic nitrogens is 1. The molecule has 1 aliphatic rings. The largest absolute Gasteiger partial charge is 0.508 e. The van der Waals surface area contributed by atoms with Crippen LogP contribution in [-0.2, 0) is 13.0 Å². The number of oxazole rings is 1. The van der Waals surface area contributed by atoms with Gasteiger partial charge in [0, 0.05) is 18.7 Å². The number of phenols is 1. The number of hydrogen-bond acceptors (Lipinski definition) is 6. The van der Waals surface area contributed by atoms with Gasteiger partial charge in [0.1, 0.15) is 23.0 Å². The molecule has 0 radical (unpaired) electrons. The Morgan fingerprint density at radius 1 is 1.12 bits per heavy atom. The summed E-state index contributed by atoms with van der Waals surface area (Å²) in [6.45, 7) is 3.82. The fourth-order valence-electron chi connectivity index (χ4n) is 4.50. The van der Waals surface area contributed by atoms with Crippen molar-refractivity contribution in [2.45, 2.75) is 51.6 Å². The normalized spacial score (nSPS) is 16.8. The number of phenolic OH excluding ortho intramolecular Hbond substituents is 1. The highest BCUT2D eigenvalue weighted by Gasteiger charge is 2.25. The summed E-state index contributed by atoms with van der Waals surface area (Å²) in [7, 11) is 3.27. The van der Waals surface area contributed by atoms with Crippen molar-refractivity contribution in [2.75, 3.05) is 20.8 Å². The molecule has 3 aromatic rings. The second kappa shape index (κ2) is 10.1. The molecular weight excluding hydrogens is 404 g/mol. The van der Waals surface area contributed by atoms with Crippen molar-refractivity contribution in [3.05, 3.63) is 59.5 Å². The van der Waals surface area contributed by atoms with Gasteiger partial charge in [-0.15, -0.1) is 0 Å². The third kappa shape index (κ3) is 5.07. The molecule has 32 heavy (non-hydrogen) atoms. The van der Waals surface area contributed by atoms with Crippen LogP contribution in [0.2, 0.25) is 0 Å². The first-order valence-electron chi connectivity index (χ1n) is 11.3. The molecule has 0 spiro atoms. The maximum absolute atomic E-state index is 9.75. The topological polar surface area (TPSA) is 68.0 Å². The number of likely N-dealkylation sites (tertiary alicyclic amines) is 1. The smallest absolute Gasteiger partial charge is 0.230 e. The number of methoxy groups -OCH3 is 2. The van der Waals surface area contributed by atoms with E-state index in [1.807, 2.05) is 37.3 Å². The molecule has 0 saturated carbocycles. The molecule has 1 atom stereocenters. The minimum Gasteiger partial charge on any atom is -0.508 e. The fraction of sp³-hybridized carbons (Fsp3) is 0.423. The third-order valence-electron chi connectivity index (χ3n) is 6.31. The van der Waals surface area contributed by atoms with Crippen LogP contribution in [0.5, 0.6) is 17.2 Å². The molecule has 2 heterocycles. The maximum Gasteiger partial charge on any atom is 0.230 e. The summed E-state index contributed by atoms with van der Waals surface area (Å²) in [5.41, 5.74) is 2.98. The Labute approximate surface area is 189 Å². The SMILES string of the molecule is COc1ccc(-c2nc(CN3CCCC[C@H]3CCc3cccc(O)c3)c(C)o2)c(OC)c1. The number of benzene rings is 2. The van der Waals surface area contributed by atoms with Gasteiger partial charge in [0.2, 0.25) is 5.89 Å². The molecule has 0 amide bonds. The number of ether oxygens (including phenoxy) is 2. The lowest BCUT2D eigenvalue weighted by Gasteiger charge is -2.35. The van der Waals surface area contributed by atoms with Gasteiger partial charge >= 0.3 is 0 Å². The molecule has 6 heteroatoms. The second-order valence-electron chi connectivity index (χ2n) is 8.42. The van der Waals surface area contributed by atoms with Crippen LogP contribution in [0, 0.1) is 6.92 Å². The Morgan fingerprint density at radius 2 is 2.00 bits per heavy atom. The Bertz CT molecular complexity index is 1050. The quantitative estimate of drug-likeness (QED) is 0.513. The van der Waals surface area contributed by atoms with Gasteiger partial charge < -0.3 is 19.0 Å². The van der Waals surface area contributed by atoms with Crippen molar-refractivity contribution in [1.82, 2.24) is 9.88 Å². The van der Waals surface area contributed by atoms with E-state index in [9.17, 15) is 5.11 Å². The van der Waals surface area contributed by atoms with Crippen LogP contribution in [-0.4, -0.2) is 41.8 Å². The first kappa shape index (κ1) is 22.2. The number of aromatic hydroxyl groups is 1. The Kier molecular flexibility index (Phi) is 7.00. The molecule has 0 unspecified atom stereocenters. The summed E-state index contributed by atoms with van der Waals surface area (Å²) >= 11 is 0. The minimum absolute atomic E-state index is 0.336. The van der Waals surface area contributed by atoms with Crippen LogP contribution in [0.4, 0.5) is 0 Å². The third-order valence-corrected chi connectivity index (χ3v) is 6.31.